The second-order valence-corrected chi connectivity index (χ2v) is 7.95. The average molecular weight is 485 g/mol. The highest BCUT2D eigenvalue weighted by Crippen LogP contribution is 2.44. The zero-order valence-electron chi connectivity index (χ0n) is 19.5. The molecular weight excluding hydrogens is 456 g/mol. The number of alkyl carbamates (subject to hydrolysis) is 1. The van der Waals surface area contributed by atoms with Gasteiger partial charge in [-0.1, -0.05) is 48.5 Å². The standard InChI is InChI=1S/C25H28N2O8/c1-33-21(23(29)27-20(24(30)31)11-12-22(28)34-2)13-26-25(32)35-14-19-17-9-5-3-7-15(17)16-8-4-6-10-18(16)19/h3-10,19-21H,11-14H2,1-2H3,(H,26,32)(H,27,29)(H,30,31)/t20-,21?/m0/s1. The van der Waals surface area contributed by atoms with Crippen molar-refractivity contribution in [1.29, 1.82) is 0 Å². The first-order valence-corrected chi connectivity index (χ1v) is 11.1. The largest absolute Gasteiger partial charge is 0.480 e. The lowest BCUT2D eigenvalue weighted by Gasteiger charge is -2.20. The third-order valence-corrected chi connectivity index (χ3v) is 5.83. The van der Waals surface area contributed by atoms with Crippen LogP contribution in [0, 0.1) is 0 Å². The number of hydrogen-bond acceptors (Lipinski definition) is 7. The molecule has 1 aliphatic carbocycles. The maximum absolute atomic E-state index is 12.4. The predicted octanol–water partition coefficient (Wildman–Crippen LogP) is 2.06. The summed E-state index contributed by atoms with van der Waals surface area (Å²) in [6.07, 6.45) is -2.22. The molecule has 0 saturated heterocycles. The molecule has 10 heteroatoms. The van der Waals surface area contributed by atoms with Gasteiger partial charge in [0.25, 0.3) is 5.91 Å². The van der Waals surface area contributed by atoms with Gasteiger partial charge < -0.3 is 30.0 Å². The maximum Gasteiger partial charge on any atom is 0.407 e. The molecule has 0 bridgehead atoms. The fourth-order valence-corrected chi connectivity index (χ4v) is 3.99. The number of fused-ring (bicyclic) bond motifs is 3. The van der Waals surface area contributed by atoms with Gasteiger partial charge in [0.15, 0.2) is 6.10 Å². The minimum Gasteiger partial charge on any atom is -0.480 e. The van der Waals surface area contributed by atoms with Crippen LogP contribution in [0.1, 0.15) is 29.9 Å². The molecule has 0 aliphatic heterocycles. The van der Waals surface area contributed by atoms with Crippen LogP contribution in [0.25, 0.3) is 11.1 Å². The second-order valence-electron chi connectivity index (χ2n) is 7.95. The normalized spacial score (nSPS) is 13.7. The molecule has 3 rings (SSSR count). The van der Waals surface area contributed by atoms with Crippen molar-refractivity contribution in [3.8, 4) is 11.1 Å². The maximum atomic E-state index is 12.4. The van der Waals surface area contributed by atoms with Gasteiger partial charge in [-0.25, -0.2) is 9.59 Å². The van der Waals surface area contributed by atoms with Crippen LogP contribution < -0.4 is 10.6 Å². The second kappa shape index (κ2) is 12.0. The van der Waals surface area contributed by atoms with E-state index in [0.29, 0.717) is 0 Å². The average Bonchev–Trinajstić information content (AvgIpc) is 3.18. The highest BCUT2D eigenvalue weighted by atomic mass is 16.5. The van der Waals surface area contributed by atoms with Gasteiger partial charge in [0.1, 0.15) is 12.6 Å². The van der Waals surface area contributed by atoms with Crippen LogP contribution in [-0.4, -0.2) is 68.6 Å². The highest BCUT2D eigenvalue weighted by molar-refractivity contribution is 5.87. The van der Waals surface area contributed by atoms with E-state index in [1.54, 1.807) is 0 Å². The molecule has 1 unspecified atom stereocenters. The van der Waals surface area contributed by atoms with Crippen molar-refractivity contribution in [2.24, 2.45) is 0 Å². The number of carbonyl (C=O) groups excluding carboxylic acids is 3. The summed E-state index contributed by atoms with van der Waals surface area (Å²) in [6, 6.07) is 14.6. The van der Waals surface area contributed by atoms with Crippen molar-refractivity contribution in [1.82, 2.24) is 10.6 Å². The fraction of sp³-hybridized carbons (Fsp3) is 0.360. The zero-order valence-corrected chi connectivity index (χ0v) is 19.5. The van der Waals surface area contributed by atoms with E-state index >= 15 is 0 Å². The van der Waals surface area contributed by atoms with Crippen LogP contribution in [0.2, 0.25) is 0 Å². The van der Waals surface area contributed by atoms with Gasteiger partial charge in [0.05, 0.1) is 13.7 Å². The monoisotopic (exact) mass is 484 g/mol. The third-order valence-electron chi connectivity index (χ3n) is 5.83. The molecule has 0 fully saturated rings. The first-order chi connectivity index (χ1) is 16.8. The summed E-state index contributed by atoms with van der Waals surface area (Å²) >= 11 is 0. The summed E-state index contributed by atoms with van der Waals surface area (Å²) in [5.41, 5.74) is 4.35. The minimum atomic E-state index is -1.31. The Hall–Kier alpha value is -3.92. The topological polar surface area (TPSA) is 140 Å². The number of aliphatic carboxylic acids is 1. The van der Waals surface area contributed by atoms with Crippen molar-refractivity contribution >= 4 is 23.9 Å². The van der Waals surface area contributed by atoms with Gasteiger partial charge in [0, 0.05) is 19.4 Å². The van der Waals surface area contributed by atoms with Gasteiger partial charge in [-0.15, -0.1) is 0 Å². The Bertz CT molecular complexity index is 1040. The molecule has 2 amide bonds. The molecule has 0 heterocycles. The predicted molar refractivity (Wildman–Crippen MR) is 125 cm³/mol. The lowest BCUT2D eigenvalue weighted by atomic mass is 9.98. The van der Waals surface area contributed by atoms with Gasteiger partial charge in [-0.05, 0) is 28.7 Å². The molecule has 10 nitrogen and oxygen atoms in total. The van der Waals surface area contributed by atoms with Crippen LogP contribution in [-0.2, 0) is 28.6 Å². The number of carbonyl (C=O) groups is 4. The molecule has 35 heavy (non-hydrogen) atoms. The summed E-state index contributed by atoms with van der Waals surface area (Å²) in [4.78, 5) is 47.5. The molecule has 0 radical (unpaired) electrons. The number of hydrogen-bond donors (Lipinski definition) is 3. The Morgan fingerprint density at radius 1 is 0.971 bits per heavy atom. The Kier molecular flexibility index (Phi) is 8.80. The molecule has 0 spiro atoms. The first-order valence-electron chi connectivity index (χ1n) is 11.1. The highest BCUT2D eigenvalue weighted by Gasteiger charge is 2.30. The Morgan fingerprint density at radius 3 is 2.11 bits per heavy atom. The van der Waals surface area contributed by atoms with E-state index < -0.39 is 36.1 Å². The molecule has 186 valence electrons. The Morgan fingerprint density at radius 2 is 1.57 bits per heavy atom. The molecule has 2 aromatic rings. The molecular formula is C25H28N2O8. The summed E-state index contributed by atoms with van der Waals surface area (Å²) in [5.74, 6) is -2.75. The van der Waals surface area contributed by atoms with Crippen molar-refractivity contribution in [2.75, 3.05) is 27.4 Å². The van der Waals surface area contributed by atoms with Crippen LogP contribution in [0.3, 0.4) is 0 Å². The van der Waals surface area contributed by atoms with Gasteiger partial charge >= 0.3 is 18.0 Å². The number of benzene rings is 2. The summed E-state index contributed by atoms with van der Waals surface area (Å²) in [6.45, 7) is -0.124. The Labute approximate surface area is 202 Å². The van der Waals surface area contributed by atoms with Crippen LogP contribution in [0.4, 0.5) is 4.79 Å². The van der Waals surface area contributed by atoms with Gasteiger partial charge in [0.2, 0.25) is 0 Å². The number of methoxy groups -OCH3 is 2. The van der Waals surface area contributed by atoms with Crippen LogP contribution in [0.15, 0.2) is 48.5 Å². The molecule has 1 aliphatic rings. The van der Waals surface area contributed by atoms with Crippen LogP contribution in [0.5, 0.6) is 0 Å². The zero-order chi connectivity index (χ0) is 25.4. The smallest absolute Gasteiger partial charge is 0.407 e. The molecule has 3 N–H and O–H groups in total. The van der Waals surface area contributed by atoms with E-state index in [0.717, 1.165) is 22.3 Å². The number of carboxylic acids is 1. The van der Waals surface area contributed by atoms with Gasteiger partial charge in [-0.2, -0.15) is 0 Å². The number of amides is 2. The Balaban J connectivity index is 1.52. The lowest BCUT2D eigenvalue weighted by molar-refractivity contribution is -0.145. The summed E-state index contributed by atoms with van der Waals surface area (Å²) in [5, 5.41) is 14.1. The minimum absolute atomic E-state index is 0.109. The molecule has 0 saturated carbocycles. The van der Waals surface area contributed by atoms with Gasteiger partial charge in [-0.3, -0.25) is 9.59 Å². The van der Waals surface area contributed by atoms with E-state index in [2.05, 4.69) is 15.4 Å². The van der Waals surface area contributed by atoms with Crippen molar-refractivity contribution in [3.63, 3.8) is 0 Å². The third kappa shape index (κ3) is 6.36. The van der Waals surface area contributed by atoms with Crippen molar-refractivity contribution in [3.05, 3.63) is 59.7 Å². The van der Waals surface area contributed by atoms with E-state index in [4.69, 9.17) is 9.47 Å². The number of ether oxygens (including phenoxy) is 3. The van der Waals surface area contributed by atoms with Crippen LogP contribution >= 0.6 is 0 Å². The number of rotatable bonds is 11. The van der Waals surface area contributed by atoms with Crippen molar-refractivity contribution in [2.45, 2.75) is 30.9 Å². The quantitative estimate of drug-likeness (QED) is 0.412. The SMILES string of the molecule is COC(=O)CC[C@H](NC(=O)C(CNC(=O)OCC1c2ccccc2-c2ccccc21)OC)C(=O)O. The number of esters is 1. The molecule has 0 aromatic heterocycles. The molecule has 2 aromatic carbocycles. The fourth-order valence-electron chi connectivity index (χ4n) is 3.99. The summed E-state index contributed by atoms with van der Waals surface area (Å²) in [7, 11) is 2.44. The van der Waals surface area contributed by atoms with E-state index in [1.165, 1.54) is 14.2 Å². The van der Waals surface area contributed by atoms with E-state index in [1.807, 2.05) is 48.5 Å². The van der Waals surface area contributed by atoms with E-state index in [9.17, 15) is 24.3 Å². The first kappa shape index (κ1) is 25.7. The number of nitrogens with one attached hydrogen (secondary N) is 2. The van der Waals surface area contributed by atoms with E-state index in [-0.39, 0.29) is 31.9 Å². The number of carboxylic acid groups (broad SMARTS) is 1. The molecule has 2 atom stereocenters. The lowest BCUT2D eigenvalue weighted by Crippen LogP contribution is -2.49. The van der Waals surface area contributed by atoms with Crippen molar-refractivity contribution < 1.29 is 38.5 Å². The summed E-state index contributed by atoms with van der Waals surface area (Å²) < 4.78 is 15.0.